The largest absolute Gasteiger partial charge is 0.440 e. The van der Waals surface area contributed by atoms with Crippen molar-refractivity contribution in [3.63, 3.8) is 0 Å². The van der Waals surface area contributed by atoms with Gasteiger partial charge in [0.25, 0.3) is 5.56 Å². The van der Waals surface area contributed by atoms with Crippen LogP contribution in [0.4, 0.5) is 5.69 Å². The van der Waals surface area contributed by atoms with E-state index in [2.05, 4.69) is 34.1 Å². The van der Waals surface area contributed by atoms with Crippen molar-refractivity contribution in [1.82, 2.24) is 15.0 Å². The molecular formula is C20H22N4O2S. The lowest BCUT2D eigenvalue weighted by Crippen LogP contribution is -2.17. The van der Waals surface area contributed by atoms with Crippen molar-refractivity contribution in [2.45, 2.75) is 46.6 Å². The Morgan fingerprint density at radius 2 is 1.96 bits per heavy atom. The Morgan fingerprint density at radius 1 is 1.19 bits per heavy atom. The van der Waals surface area contributed by atoms with Crippen molar-refractivity contribution in [2.75, 3.05) is 5.32 Å². The van der Waals surface area contributed by atoms with E-state index < -0.39 is 0 Å². The number of oxazole rings is 1. The topological polar surface area (TPSA) is 83.8 Å². The van der Waals surface area contributed by atoms with E-state index in [1.165, 1.54) is 0 Å². The molecule has 6 nitrogen and oxygen atoms in total. The third-order valence-corrected chi connectivity index (χ3v) is 5.85. The van der Waals surface area contributed by atoms with E-state index in [1.807, 2.05) is 39.0 Å². The summed E-state index contributed by atoms with van der Waals surface area (Å²) >= 11 is 1.56. The van der Waals surface area contributed by atoms with Gasteiger partial charge in [-0.2, -0.15) is 0 Å². The van der Waals surface area contributed by atoms with Crippen LogP contribution in [0.5, 0.6) is 0 Å². The summed E-state index contributed by atoms with van der Waals surface area (Å²) in [5.74, 6) is 1.60. The number of aryl methyl sites for hydroxylation is 2. The first-order valence-corrected chi connectivity index (χ1v) is 9.82. The lowest BCUT2D eigenvalue weighted by Gasteiger charge is -2.14. The summed E-state index contributed by atoms with van der Waals surface area (Å²) in [4.78, 5) is 26.5. The quantitative estimate of drug-likeness (QED) is 0.517. The normalized spacial score (nSPS) is 13.0. The molecule has 2 N–H and O–H groups in total. The molecule has 0 amide bonds. The van der Waals surface area contributed by atoms with E-state index >= 15 is 0 Å². The number of benzene rings is 1. The van der Waals surface area contributed by atoms with Gasteiger partial charge in [0.05, 0.1) is 11.4 Å². The summed E-state index contributed by atoms with van der Waals surface area (Å²) in [6, 6.07) is 5.66. The van der Waals surface area contributed by atoms with Crippen LogP contribution in [0, 0.1) is 13.8 Å². The molecule has 0 saturated heterocycles. The highest BCUT2D eigenvalue weighted by atomic mass is 32.1. The lowest BCUT2D eigenvalue weighted by molar-refractivity contribution is 0.501. The molecule has 3 heterocycles. The second kappa shape index (κ2) is 6.49. The number of hydrogen-bond acceptors (Lipinski definition) is 6. The number of nitrogens with one attached hydrogen (secondary N) is 2. The first-order chi connectivity index (χ1) is 12.8. The molecule has 0 fully saturated rings. The molecule has 0 bridgehead atoms. The van der Waals surface area contributed by atoms with Crippen LogP contribution in [0.15, 0.2) is 27.4 Å². The van der Waals surface area contributed by atoms with Crippen molar-refractivity contribution in [2.24, 2.45) is 0 Å². The Kier molecular flexibility index (Phi) is 4.26. The fourth-order valence-corrected chi connectivity index (χ4v) is 4.11. The van der Waals surface area contributed by atoms with Gasteiger partial charge in [-0.05, 0) is 44.5 Å². The number of fused-ring (bicyclic) bond motifs is 2. The van der Waals surface area contributed by atoms with E-state index in [4.69, 9.17) is 4.42 Å². The number of thiophene rings is 1. The average molecular weight is 382 g/mol. The van der Waals surface area contributed by atoms with Gasteiger partial charge in [-0.3, -0.25) is 4.79 Å². The highest BCUT2D eigenvalue weighted by Crippen LogP contribution is 2.28. The number of anilines is 1. The number of aromatic nitrogens is 3. The van der Waals surface area contributed by atoms with E-state index in [1.54, 1.807) is 11.3 Å². The molecule has 0 spiro atoms. The molecule has 0 saturated carbocycles. The summed E-state index contributed by atoms with van der Waals surface area (Å²) < 4.78 is 5.75. The van der Waals surface area contributed by atoms with Crippen LogP contribution in [0.25, 0.3) is 21.3 Å². The molecule has 4 rings (SSSR count). The van der Waals surface area contributed by atoms with Gasteiger partial charge >= 0.3 is 0 Å². The van der Waals surface area contributed by atoms with Crippen molar-refractivity contribution in [1.29, 1.82) is 0 Å². The molecule has 0 aliphatic carbocycles. The number of nitrogens with zero attached hydrogens (tertiary/aromatic N) is 2. The standard InChI is InChI=1S/C20H22N4O2S/c1-9(2)19-22-14-8-13(6-7-15(14)26-19)21-11(4)17-23-18(25)16-10(3)12(5)27-20(16)24-17/h6-9,11,21H,1-5H3,(H,23,24,25)/t11-/m1/s1. The fraction of sp³-hybridized carbons (Fsp3) is 0.350. The molecule has 0 aliphatic heterocycles. The highest BCUT2D eigenvalue weighted by molar-refractivity contribution is 7.18. The van der Waals surface area contributed by atoms with E-state index in [0.29, 0.717) is 11.2 Å². The van der Waals surface area contributed by atoms with Gasteiger partial charge < -0.3 is 14.7 Å². The molecule has 7 heteroatoms. The first kappa shape index (κ1) is 17.7. The summed E-state index contributed by atoms with van der Waals surface area (Å²) in [7, 11) is 0. The van der Waals surface area contributed by atoms with Crippen molar-refractivity contribution in [3.05, 3.63) is 50.7 Å². The molecule has 3 aromatic heterocycles. The van der Waals surface area contributed by atoms with Gasteiger partial charge in [-0.25, -0.2) is 9.97 Å². The summed E-state index contributed by atoms with van der Waals surface area (Å²) in [5, 5.41) is 4.09. The summed E-state index contributed by atoms with van der Waals surface area (Å²) in [6.45, 7) is 10.1. The smallest absolute Gasteiger partial charge is 0.259 e. The monoisotopic (exact) mass is 382 g/mol. The maximum atomic E-state index is 12.5. The number of aromatic amines is 1. The minimum Gasteiger partial charge on any atom is -0.440 e. The zero-order valence-electron chi connectivity index (χ0n) is 16.0. The van der Waals surface area contributed by atoms with E-state index in [0.717, 1.165) is 37.9 Å². The molecule has 4 aromatic rings. The van der Waals surface area contributed by atoms with Crippen LogP contribution < -0.4 is 10.9 Å². The molecular weight excluding hydrogens is 360 g/mol. The van der Waals surface area contributed by atoms with Crippen molar-refractivity contribution >= 4 is 38.3 Å². The van der Waals surface area contributed by atoms with Gasteiger partial charge in [0, 0.05) is 16.5 Å². The Bertz CT molecular complexity index is 1200. The fourth-order valence-electron chi connectivity index (χ4n) is 3.08. The first-order valence-electron chi connectivity index (χ1n) is 9.00. The summed E-state index contributed by atoms with van der Waals surface area (Å²) in [5.41, 5.74) is 3.42. The average Bonchev–Trinajstić information content (AvgIpc) is 3.16. The number of H-pyrrole nitrogens is 1. The molecule has 1 atom stereocenters. The third kappa shape index (κ3) is 3.12. The summed E-state index contributed by atoms with van der Waals surface area (Å²) in [6.07, 6.45) is 0. The second-order valence-corrected chi connectivity index (χ2v) is 8.37. The lowest BCUT2D eigenvalue weighted by atomic mass is 10.2. The third-order valence-electron chi connectivity index (χ3n) is 4.75. The maximum Gasteiger partial charge on any atom is 0.259 e. The Labute approximate surface area is 160 Å². The van der Waals surface area contributed by atoms with Crippen LogP contribution in [0.1, 0.15) is 54.9 Å². The van der Waals surface area contributed by atoms with Gasteiger partial charge in [-0.15, -0.1) is 11.3 Å². The molecule has 1 aromatic carbocycles. The highest BCUT2D eigenvalue weighted by Gasteiger charge is 2.16. The van der Waals surface area contributed by atoms with Crippen molar-refractivity contribution in [3.8, 4) is 0 Å². The second-order valence-electron chi connectivity index (χ2n) is 7.17. The van der Waals surface area contributed by atoms with Crippen LogP contribution in [-0.2, 0) is 0 Å². The minimum atomic E-state index is -0.154. The predicted molar refractivity (Wildman–Crippen MR) is 110 cm³/mol. The van der Waals surface area contributed by atoms with Gasteiger partial charge in [-0.1, -0.05) is 13.8 Å². The zero-order valence-corrected chi connectivity index (χ0v) is 16.8. The zero-order chi connectivity index (χ0) is 19.3. The molecule has 140 valence electrons. The van der Waals surface area contributed by atoms with Crippen LogP contribution >= 0.6 is 11.3 Å². The molecule has 0 radical (unpaired) electrons. The molecule has 0 unspecified atom stereocenters. The number of rotatable bonds is 4. The van der Waals surface area contributed by atoms with Crippen molar-refractivity contribution < 1.29 is 4.42 Å². The van der Waals surface area contributed by atoms with Crippen LogP contribution in [-0.4, -0.2) is 15.0 Å². The van der Waals surface area contributed by atoms with E-state index in [9.17, 15) is 4.79 Å². The molecule has 0 aliphatic rings. The Morgan fingerprint density at radius 3 is 2.70 bits per heavy atom. The van der Waals surface area contributed by atoms with Crippen LogP contribution in [0.2, 0.25) is 0 Å². The van der Waals surface area contributed by atoms with Crippen LogP contribution in [0.3, 0.4) is 0 Å². The van der Waals surface area contributed by atoms with E-state index in [-0.39, 0.29) is 17.5 Å². The minimum absolute atomic E-state index is 0.0842. The van der Waals surface area contributed by atoms with Gasteiger partial charge in [0.1, 0.15) is 16.2 Å². The Balaban J connectivity index is 1.65. The van der Waals surface area contributed by atoms with Gasteiger partial charge in [0.15, 0.2) is 11.5 Å². The predicted octanol–water partition coefficient (Wildman–Crippen LogP) is 5.04. The van der Waals surface area contributed by atoms with Gasteiger partial charge in [0.2, 0.25) is 0 Å². The number of hydrogen-bond donors (Lipinski definition) is 2. The maximum absolute atomic E-state index is 12.5. The SMILES string of the molecule is Cc1sc2nc([C@@H](C)Nc3ccc4oc(C(C)C)nc4c3)[nH]c(=O)c2c1C. The molecule has 27 heavy (non-hydrogen) atoms. The Hall–Kier alpha value is -2.67.